The maximum atomic E-state index is 14.6. The highest BCUT2D eigenvalue weighted by atomic mass is 19.1. The Morgan fingerprint density at radius 3 is 2.00 bits per heavy atom. The lowest BCUT2D eigenvalue weighted by atomic mass is 9.95. The van der Waals surface area contributed by atoms with Crippen LogP contribution in [0.1, 0.15) is 41.5 Å². The van der Waals surface area contributed by atoms with Crippen LogP contribution < -0.4 is 0 Å². The normalized spacial score (nSPS) is 31.5. The van der Waals surface area contributed by atoms with Crippen molar-refractivity contribution < 1.29 is 38.4 Å². The maximum absolute atomic E-state index is 14.6. The average Bonchev–Trinajstić information content (AvgIpc) is 2.43. The predicted octanol–water partition coefficient (Wildman–Crippen LogP) is 0.950. The first kappa shape index (κ1) is 20.8. The summed E-state index contributed by atoms with van der Waals surface area (Å²) in [6, 6.07) is 0. The van der Waals surface area contributed by atoms with Crippen molar-refractivity contribution >= 4 is 11.9 Å². The summed E-state index contributed by atoms with van der Waals surface area (Å²) >= 11 is 0. The second-order valence-corrected chi connectivity index (χ2v) is 7.97. The SMILES string of the molecule is CC(C)(C)C(=O)OC[C@H]1OC(O)[C@H](O)[C@@H](OC(=O)C(C)(C)C)[C@@H]1F. The van der Waals surface area contributed by atoms with Crippen molar-refractivity contribution in [2.75, 3.05) is 6.61 Å². The van der Waals surface area contributed by atoms with Gasteiger partial charge >= 0.3 is 11.9 Å². The van der Waals surface area contributed by atoms with Crippen molar-refractivity contribution in [3.8, 4) is 0 Å². The number of aliphatic hydroxyl groups is 2. The van der Waals surface area contributed by atoms with Gasteiger partial charge in [0.1, 0.15) is 18.8 Å². The van der Waals surface area contributed by atoms with E-state index in [0.29, 0.717) is 0 Å². The molecule has 5 atom stereocenters. The maximum Gasteiger partial charge on any atom is 0.311 e. The summed E-state index contributed by atoms with van der Waals surface area (Å²) in [5, 5.41) is 19.6. The largest absolute Gasteiger partial charge is 0.462 e. The summed E-state index contributed by atoms with van der Waals surface area (Å²) in [4.78, 5) is 23.7. The minimum atomic E-state index is -1.96. The van der Waals surface area contributed by atoms with Crippen molar-refractivity contribution in [2.24, 2.45) is 10.8 Å². The zero-order valence-corrected chi connectivity index (χ0v) is 14.9. The smallest absolute Gasteiger partial charge is 0.311 e. The Balaban J connectivity index is 2.79. The van der Waals surface area contributed by atoms with Gasteiger partial charge in [-0.15, -0.1) is 0 Å². The zero-order valence-electron chi connectivity index (χ0n) is 14.9. The Labute approximate surface area is 141 Å². The first-order valence-corrected chi connectivity index (χ1v) is 7.79. The number of alkyl halides is 1. The molecule has 2 N–H and O–H groups in total. The van der Waals surface area contributed by atoms with E-state index < -0.39 is 60.1 Å². The van der Waals surface area contributed by atoms with Crippen LogP contribution in [-0.4, -0.2) is 59.5 Å². The highest BCUT2D eigenvalue weighted by Gasteiger charge is 2.49. The quantitative estimate of drug-likeness (QED) is 0.731. The third kappa shape index (κ3) is 5.12. The Bertz CT molecular complexity index is 466. The molecule has 1 unspecified atom stereocenters. The monoisotopic (exact) mass is 350 g/mol. The molecule has 7 nitrogen and oxygen atoms in total. The topological polar surface area (TPSA) is 102 Å². The molecule has 1 heterocycles. The van der Waals surface area contributed by atoms with Crippen LogP contribution in [-0.2, 0) is 23.8 Å². The lowest BCUT2D eigenvalue weighted by Gasteiger charge is -2.39. The highest BCUT2D eigenvalue weighted by molar-refractivity contribution is 5.76. The number of esters is 2. The molecule has 24 heavy (non-hydrogen) atoms. The van der Waals surface area contributed by atoms with Gasteiger partial charge in [-0.25, -0.2) is 4.39 Å². The zero-order chi connectivity index (χ0) is 18.9. The standard InChI is InChI=1S/C16H27FO7/c1-15(2,3)13(20)22-7-8-9(17)11(10(18)12(19)23-8)24-14(21)16(4,5)6/h8-12,18-19H,7H2,1-6H3/t8-,9-,10-,11+,12?/m1/s1. The van der Waals surface area contributed by atoms with Crippen LogP contribution in [0.5, 0.6) is 0 Å². The van der Waals surface area contributed by atoms with Crippen LogP contribution in [0.2, 0.25) is 0 Å². The molecule has 1 aliphatic rings. The van der Waals surface area contributed by atoms with Gasteiger partial charge in [0.05, 0.1) is 10.8 Å². The molecule has 0 radical (unpaired) electrons. The average molecular weight is 350 g/mol. The van der Waals surface area contributed by atoms with Gasteiger partial charge in [-0.1, -0.05) is 0 Å². The fourth-order valence-electron chi connectivity index (χ4n) is 1.84. The first-order valence-electron chi connectivity index (χ1n) is 7.79. The number of carbonyl (C=O) groups excluding carboxylic acids is 2. The van der Waals surface area contributed by atoms with Gasteiger partial charge in [0.15, 0.2) is 18.6 Å². The van der Waals surface area contributed by atoms with E-state index in [2.05, 4.69) is 0 Å². The van der Waals surface area contributed by atoms with E-state index in [-0.39, 0.29) is 0 Å². The van der Waals surface area contributed by atoms with Gasteiger partial charge in [0.25, 0.3) is 0 Å². The van der Waals surface area contributed by atoms with E-state index in [0.717, 1.165) is 0 Å². The van der Waals surface area contributed by atoms with Crippen LogP contribution in [0.3, 0.4) is 0 Å². The van der Waals surface area contributed by atoms with Crippen molar-refractivity contribution in [1.82, 2.24) is 0 Å². The third-order valence-corrected chi connectivity index (χ3v) is 3.46. The van der Waals surface area contributed by atoms with Gasteiger partial charge in [-0.3, -0.25) is 9.59 Å². The number of rotatable bonds is 3. The number of halogens is 1. The summed E-state index contributed by atoms with van der Waals surface area (Å²) in [6.45, 7) is 9.17. The lowest BCUT2D eigenvalue weighted by molar-refractivity contribution is -0.281. The summed E-state index contributed by atoms with van der Waals surface area (Å²) in [6.07, 6.45) is -8.41. The molecular formula is C16H27FO7. The summed E-state index contributed by atoms with van der Waals surface area (Å²) in [5.41, 5.74) is -1.69. The number of hydrogen-bond donors (Lipinski definition) is 2. The predicted molar refractivity (Wildman–Crippen MR) is 81.5 cm³/mol. The van der Waals surface area contributed by atoms with E-state index in [9.17, 15) is 24.2 Å². The van der Waals surface area contributed by atoms with E-state index in [1.54, 1.807) is 41.5 Å². The summed E-state index contributed by atoms with van der Waals surface area (Å²) in [7, 11) is 0. The minimum absolute atomic E-state index is 0.468. The molecule has 1 aliphatic heterocycles. The minimum Gasteiger partial charge on any atom is -0.462 e. The summed E-state index contributed by atoms with van der Waals surface area (Å²) in [5.74, 6) is -1.30. The van der Waals surface area contributed by atoms with E-state index in [1.807, 2.05) is 0 Å². The Morgan fingerprint density at radius 2 is 1.54 bits per heavy atom. The fourth-order valence-corrected chi connectivity index (χ4v) is 1.84. The molecule has 0 bridgehead atoms. The molecule has 1 saturated heterocycles. The van der Waals surface area contributed by atoms with Crippen LogP contribution in [0.4, 0.5) is 4.39 Å². The van der Waals surface area contributed by atoms with Gasteiger partial charge in [0.2, 0.25) is 0 Å². The number of hydrogen-bond acceptors (Lipinski definition) is 7. The third-order valence-electron chi connectivity index (χ3n) is 3.46. The molecule has 0 spiro atoms. The van der Waals surface area contributed by atoms with E-state index in [4.69, 9.17) is 14.2 Å². The van der Waals surface area contributed by atoms with Crippen LogP contribution in [0, 0.1) is 10.8 Å². The van der Waals surface area contributed by atoms with E-state index in [1.165, 1.54) is 0 Å². The van der Waals surface area contributed by atoms with E-state index >= 15 is 0 Å². The van der Waals surface area contributed by atoms with Crippen molar-refractivity contribution in [2.45, 2.75) is 72.3 Å². The first-order chi connectivity index (χ1) is 10.7. The van der Waals surface area contributed by atoms with Gasteiger partial charge in [0, 0.05) is 0 Å². The summed E-state index contributed by atoms with van der Waals surface area (Å²) < 4.78 is 29.5. The van der Waals surface area contributed by atoms with Gasteiger partial charge < -0.3 is 24.4 Å². The number of carbonyl (C=O) groups is 2. The molecule has 0 aliphatic carbocycles. The molecule has 0 aromatic heterocycles. The van der Waals surface area contributed by atoms with Crippen LogP contribution in [0.15, 0.2) is 0 Å². The van der Waals surface area contributed by atoms with Gasteiger partial charge in [-0.05, 0) is 41.5 Å². The molecule has 140 valence electrons. The second-order valence-electron chi connectivity index (χ2n) is 7.97. The Kier molecular flexibility index (Phi) is 6.35. The second kappa shape index (κ2) is 7.33. The lowest BCUT2D eigenvalue weighted by Crippen LogP contribution is -2.59. The molecule has 1 fully saturated rings. The number of aliphatic hydroxyl groups excluding tert-OH is 2. The molecular weight excluding hydrogens is 323 g/mol. The highest BCUT2D eigenvalue weighted by Crippen LogP contribution is 2.28. The molecule has 0 aromatic carbocycles. The Morgan fingerprint density at radius 1 is 1.04 bits per heavy atom. The van der Waals surface area contributed by atoms with Crippen molar-refractivity contribution in [1.29, 1.82) is 0 Å². The molecule has 0 amide bonds. The van der Waals surface area contributed by atoms with Crippen molar-refractivity contribution in [3.05, 3.63) is 0 Å². The molecule has 8 heteroatoms. The number of ether oxygens (including phenoxy) is 3. The molecule has 0 saturated carbocycles. The van der Waals surface area contributed by atoms with Crippen molar-refractivity contribution in [3.63, 3.8) is 0 Å². The fraction of sp³-hybridized carbons (Fsp3) is 0.875. The van der Waals surface area contributed by atoms with Gasteiger partial charge in [-0.2, -0.15) is 0 Å². The molecule has 1 rings (SSSR count). The Hall–Kier alpha value is -1.25. The molecule has 0 aromatic rings. The van der Waals surface area contributed by atoms with Crippen LogP contribution >= 0.6 is 0 Å². The van der Waals surface area contributed by atoms with Crippen LogP contribution in [0.25, 0.3) is 0 Å².